The van der Waals surface area contributed by atoms with Gasteiger partial charge in [0.2, 0.25) is 5.91 Å². The van der Waals surface area contributed by atoms with Gasteiger partial charge in [-0.1, -0.05) is 38.1 Å². The van der Waals surface area contributed by atoms with Crippen molar-refractivity contribution in [2.45, 2.75) is 45.6 Å². The molecule has 1 fully saturated rings. The summed E-state index contributed by atoms with van der Waals surface area (Å²) in [5.41, 5.74) is 8.24. The average molecular weight is 274 g/mol. The number of benzene rings is 1. The smallest absolute Gasteiger partial charge is 0.227 e. The second-order valence-electron chi connectivity index (χ2n) is 5.95. The first kappa shape index (κ1) is 15.0. The second-order valence-corrected chi connectivity index (χ2v) is 5.95. The molecule has 1 saturated heterocycles. The average Bonchev–Trinajstić information content (AvgIpc) is 2.47. The molecule has 1 aliphatic rings. The van der Waals surface area contributed by atoms with Gasteiger partial charge in [-0.3, -0.25) is 4.79 Å². The third-order valence-corrected chi connectivity index (χ3v) is 4.36. The van der Waals surface area contributed by atoms with E-state index in [4.69, 9.17) is 5.73 Å². The van der Waals surface area contributed by atoms with Crippen molar-refractivity contribution < 1.29 is 4.79 Å². The summed E-state index contributed by atoms with van der Waals surface area (Å²) >= 11 is 0. The fourth-order valence-corrected chi connectivity index (χ4v) is 2.97. The van der Waals surface area contributed by atoms with Crippen molar-refractivity contribution in [3.63, 3.8) is 0 Å². The summed E-state index contributed by atoms with van der Waals surface area (Å²) in [7, 11) is 0. The molecular formula is C17H26N2O. The Balaban J connectivity index is 1.99. The number of carbonyl (C=O) groups is 1. The molecular weight excluding hydrogens is 248 g/mol. The Morgan fingerprint density at radius 3 is 2.55 bits per heavy atom. The van der Waals surface area contributed by atoms with Gasteiger partial charge in [-0.15, -0.1) is 0 Å². The van der Waals surface area contributed by atoms with Crippen molar-refractivity contribution in [2.24, 2.45) is 11.7 Å². The molecule has 0 spiro atoms. The first-order chi connectivity index (χ1) is 9.63. The SMILES string of the molecule is CCc1ccc(CC(=O)N2CCC(C)CC2CN)cc1. The first-order valence-corrected chi connectivity index (χ1v) is 7.71. The summed E-state index contributed by atoms with van der Waals surface area (Å²) in [6.07, 6.45) is 3.66. The number of hydrogen-bond acceptors (Lipinski definition) is 2. The summed E-state index contributed by atoms with van der Waals surface area (Å²) < 4.78 is 0. The maximum absolute atomic E-state index is 12.5. The molecule has 0 radical (unpaired) electrons. The molecule has 3 heteroatoms. The van der Waals surface area contributed by atoms with Crippen molar-refractivity contribution in [2.75, 3.05) is 13.1 Å². The van der Waals surface area contributed by atoms with Gasteiger partial charge in [0.15, 0.2) is 0 Å². The monoisotopic (exact) mass is 274 g/mol. The molecule has 2 unspecified atom stereocenters. The maximum Gasteiger partial charge on any atom is 0.227 e. The molecule has 0 bridgehead atoms. The molecule has 2 rings (SSSR count). The predicted octanol–water partition coefficient (Wildman–Crippen LogP) is 2.38. The number of piperidine rings is 1. The Bertz CT molecular complexity index is 441. The highest BCUT2D eigenvalue weighted by Gasteiger charge is 2.28. The zero-order valence-electron chi connectivity index (χ0n) is 12.6. The predicted molar refractivity (Wildman–Crippen MR) is 82.5 cm³/mol. The zero-order valence-corrected chi connectivity index (χ0v) is 12.6. The van der Waals surface area contributed by atoms with Crippen LogP contribution in [0.3, 0.4) is 0 Å². The first-order valence-electron chi connectivity index (χ1n) is 7.71. The number of rotatable bonds is 4. The Kier molecular flexibility index (Phi) is 5.18. The van der Waals surface area contributed by atoms with Gasteiger partial charge in [0, 0.05) is 19.1 Å². The van der Waals surface area contributed by atoms with E-state index in [1.165, 1.54) is 5.56 Å². The quantitative estimate of drug-likeness (QED) is 0.916. The Morgan fingerprint density at radius 2 is 1.95 bits per heavy atom. The zero-order chi connectivity index (χ0) is 14.5. The lowest BCUT2D eigenvalue weighted by molar-refractivity contribution is -0.134. The van der Waals surface area contributed by atoms with E-state index in [-0.39, 0.29) is 11.9 Å². The van der Waals surface area contributed by atoms with Crippen LogP contribution in [-0.4, -0.2) is 29.9 Å². The molecule has 1 aliphatic heterocycles. The van der Waals surface area contributed by atoms with E-state index in [0.717, 1.165) is 31.4 Å². The van der Waals surface area contributed by atoms with Crippen LogP contribution in [0.25, 0.3) is 0 Å². The van der Waals surface area contributed by atoms with Crippen LogP contribution in [0, 0.1) is 5.92 Å². The number of carbonyl (C=O) groups excluding carboxylic acids is 1. The number of aryl methyl sites for hydroxylation is 1. The topological polar surface area (TPSA) is 46.3 Å². The molecule has 1 aromatic rings. The van der Waals surface area contributed by atoms with E-state index < -0.39 is 0 Å². The van der Waals surface area contributed by atoms with Crippen LogP contribution in [0.15, 0.2) is 24.3 Å². The van der Waals surface area contributed by atoms with E-state index in [0.29, 0.717) is 18.9 Å². The molecule has 1 amide bonds. The minimum absolute atomic E-state index is 0.219. The van der Waals surface area contributed by atoms with Gasteiger partial charge in [0.25, 0.3) is 0 Å². The van der Waals surface area contributed by atoms with Crippen LogP contribution in [0.1, 0.15) is 37.8 Å². The number of nitrogens with two attached hydrogens (primary N) is 1. The standard InChI is InChI=1S/C17H26N2O/c1-3-14-4-6-15(7-5-14)11-17(20)19-9-8-13(2)10-16(19)12-18/h4-7,13,16H,3,8-12,18H2,1-2H3. The Morgan fingerprint density at radius 1 is 1.30 bits per heavy atom. The molecule has 3 nitrogen and oxygen atoms in total. The third kappa shape index (κ3) is 3.60. The van der Waals surface area contributed by atoms with Crippen LogP contribution < -0.4 is 5.73 Å². The van der Waals surface area contributed by atoms with E-state index >= 15 is 0 Å². The van der Waals surface area contributed by atoms with Gasteiger partial charge >= 0.3 is 0 Å². The highest BCUT2D eigenvalue weighted by atomic mass is 16.2. The number of likely N-dealkylation sites (tertiary alicyclic amines) is 1. The minimum atomic E-state index is 0.219. The van der Waals surface area contributed by atoms with Gasteiger partial charge < -0.3 is 10.6 Å². The van der Waals surface area contributed by atoms with Gasteiger partial charge in [0.1, 0.15) is 0 Å². The van der Waals surface area contributed by atoms with E-state index in [2.05, 4.69) is 38.1 Å². The van der Waals surface area contributed by atoms with Gasteiger partial charge in [-0.2, -0.15) is 0 Å². The van der Waals surface area contributed by atoms with Gasteiger partial charge in [-0.25, -0.2) is 0 Å². The third-order valence-electron chi connectivity index (χ3n) is 4.36. The number of amides is 1. The van der Waals surface area contributed by atoms with E-state index in [9.17, 15) is 4.79 Å². The summed E-state index contributed by atoms with van der Waals surface area (Å²) in [4.78, 5) is 14.5. The van der Waals surface area contributed by atoms with Crippen molar-refractivity contribution in [3.05, 3.63) is 35.4 Å². The van der Waals surface area contributed by atoms with Crippen molar-refractivity contribution in [3.8, 4) is 0 Å². The number of nitrogens with zero attached hydrogens (tertiary/aromatic N) is 1. The molecule has 20 heavy (non-hydrogen) atoms. The highest BCUT2D eigenvalue weighted by Crippen LogP contribution is 2.22. The van der Waals surface area contributed by atoms with Gasteiger partial charge in [0.05, 0.1) is 6.42 Å². The van der Waals surface area contributed by atoms with Gasteiger partial charge in [-0.05, 0) is 36.3 Å². The molecule has 110 valence electrons. The fourth-order valence-electron chi connectivity index (χ4n) is 2.97. The van der Waals surface area contributed by atoms with Crippen LogP contribution in [0.2, 0.25) is 0 Å². The molecule has 2 atom stereocenters. The van der Waals surface area contributed by atoms with E-state index in [1.807, 2.05) is 4.90 Å². The molecule has 0 aromatic heterocycles. The summed E-state index contributed by atoms with van der Waals surface area (Å²) in [5.74, 6) is 0.896. The van der Waals surface area contributed by atoms with Crippen LogP contribution >= 0.6 is 0 Å². The van der Waals surface area contributed by atoms with Crippen molar-refractivity contribution in [1.29, 1.82) is 0 Å². The van der Waals surface area contributed by atoms with Crippen LogP contribution in [-0.2, 0) is 17.6 Å². The second kappa shape index (κ2) is 6.89. The van der Waals surface area contributed by atoms with Crippen molar-refractivity contribution >= 4 is 5.91 Å². The fraction of sp³-hybridized carbons (Fsp3) is 0.588. The molecule has 1 heterocycles. The molecule has 1 aromatic carbocycles. The molecule has 0 aliphatic carbocycles. The van der Waals surface area contributed by atoms with Crippen LogP contribution in [0.4, 0.5) is 0 Å². The van der Waals surface area contributed by atoms with E-state index in [1.54, 1.807) is 0 Å². The Labute approximate surface area is 122 Å². The summed E-state index contributed by atoms with van der Waals surface area (Å²) in [6, 6.07) is 8.59. The minimum Gasteiger partial charge on any atom is -0.338 e. The number of hydrogen-bond donors (Lipinski definition) is 1. The lowest BCUT2D eigenvalue weighted by Gasteiger charge is -2.38. The normalized spacial score (nSPS) is 22.9. The Hall–Kier alpha value is -1.35. The highest BCUT2D eigenvalue weighted by molar-refractivity contribution is 5.79. The summed E-state index contributed by atoms with van der Waals surface area (Å²) in [6.45, 7) is 5.81. The van der Waals surface area contributed by atoms with Crippen LogP contribution in [0.5, 0.6) is 0 Å². The molecule has 0 saturated carbocycles. The lowest BCUT2D eigenvalue weighted by atomic mass is 9.92. The maximum atomic E-state index is 12.5. The lowest BCUT2D eigenvalue weighted by Crippen LogP contribution is -2.49. The van der Waals surface area contributed by atoms with Crippen molar-refractivity contribution in [1.82, 2.24) is 4.90 Å². The molecule has 2 N–H and O–H groups in total. The summed E-state index contributed by atoms with van der Waals surface area (Å²) in [5, 5.41) is 0. The largest absolute Gasteiger partial charge is 0.338 e.